The number of nitrogens with zero attached hydrogens (tertiary/aromatic N) is 2. The van der Waals surface area contributed by atoms with Crippen LogP contribution in [0.1, 0.15) is 11.4 Å². The lowest BCUT2D eigenvalue weighted by Crippen LogP contribution is -2.11. The molecule has 0 fully saturated rings. The summed E-state index contributed by atoms with van der Waals surface area (Å²) >= 11 is 0. The van der Waals surface area contributed by atoms with E-state index >= 15 is 0 Å². The van der Waals surface area contributed by atoms with Gasteiger partial charge in [0.2, 0.25) is 0 Å². The molecule has 44 valence electrons. The molecule has 2 radical (unpaired) electrons. The van der Waals surface area contributed by atoms with Crippen molar-refractivity contribution < 1.29 is 0 Å². The molecular weight excluding hydrogens is 111 g/mol. The summed E-state index contributed by atoms with van der Waals surface area (Å²) in [5, 5.41) is 7.61. The van der Waals surface area contributed by atoms with Crippen molar-refractivity contribution in [2.75, 3.05) is 0 Å². The number of hydrogen-bond acceptors (Lipinski definition) is 2. The van der Waals surface area contributed by atoms with E-state index < -0.39 is 0 Å². The molecule has 1 aromatic rings. The van der Waals surface area contributed by atoms with E-state index in [1.807, 2.05) is 19.9 Å². The fourth-order valence-corrected chi connectivity index (χ4v) is 0.570. The van der Waals surface area contributed by atoms with Crippen LogP contribution < -0.4 is 5.46 Å². The van der Waals surface area contributed by atoms with Gasteiger partial charge in [0.05, 0.1) is 11.4 Å². The highest BCUT2D eigenvalue weighted by Gasteiger charge is 1.91. The van der Waals surface area contributed by atoms with Gasteiger partial charge < -0.3 is 0 Å². The smallest absolute Gasteiger partial charge is 0.116 e. The minimum atomic E-state index is 0.711. The molecule has 0 aliphatic heterocycles. The number of rotatable bonds is 0. The van der Waals surface area contributed by atoms with Gasteiger partial charge in [-0.3, -0.25) is 0 Å². The monoisotopic (exact) mass is 118 g/mol. The second-order valence-corrected chi connectivity index (χ2v) is 2.03. The largest absolute Gasteiger partial charge is 0.156 e. The van der Waals surface area contributed by atoms with Gasteiger partial charge in [0, 0.05) is 0 Å². The molecule has 3 heteroatoms. The van der Waals surface area contributed by atoms with Crippen molar-refractivity contribution in [2.24, 2.45) is 0 Å². The van der Waals surface area contributed by atoms with Crippen LogP contribution >= 0.6 is 0 Å². The lowest BCUT2D eigenvalue weighted by atomic mass is 9.95. The van der Waals surface area contributed by atoms with Crippen molar-refractivity contribution >= 4 is 13.3 Å². The molecule has 2 nitrogen and oxygen atoms in total. The molecule has 9 heavy (non-hydrogen) atoms. The van der Waals surface area contributed by atoms with Gasteiger partial charge in [-0.05, 0) is 19.9 Å². The molecule has 1 heterocycles. The Morgan fingerprint density at radius 3 is 2.44 bits per heavy atom. The van der Waals surface area contributed by atoms with Crippen LogP contribution in [-0.4, -0.2) is 18.0 Å². The van der Waals surface area contributed by atoms with Crippen LogP contribution in [0, 0.1) is 13.8 Å². The van der Waals surface area contributed by atoms with Gasteiger partial charge in [-0.1, -0.05) is 5.46 Å². The molecule has 0 amide bonds. The van der Waals surface area contributed by atoms with Crippen molar-refractivity contribution in [3.63, 3.8) is 0 Å². The summed E-state index contributed by atoms with van der Waals surface area (Å²) < 4.78 is 0. The summed E-state index contributed by atoms with van der Waals surface area (Å²) in [6.45, 7) is 3.70. The van der Waals surface area contributed by atoms with Crippen LogP contribution in [0.4, 0.5) is 0 Å². The fourth-order valence-electron chi connectivity index (χ4n) is 0.570. The molecule has 0 atom stereocenters. The average molecular weight is 118 g/mol. The minimum absolute atomic E-state index is 0.711. The molecule has 0 spiro atoms. The molecule has 0 aromatic carbocycles. The first-order valence-corrected chi connectivity index (χ1v) is 2.76. The van der Waals surface area contributed by atoms with Gasteiger partial charge in [-0.25, -0.2) is 0 Å². The standard InChI is InChI=1S/C6H7BN2/c1-4-3-6(7)5(2)9-8-4/h3H,1-2H3. The van der Waals surface area contributed by atoms with Crippen molar-refractivity contribution in [1.29, 1.82) is 0 Å². The first-order valence-electron chi connectivity index (χ1n) is 2.76. The summed E-state index contributed by atoms with van der Waals surface area (Å²) in [7, 11) is 5.52. The van der Waals surface area contributed by atoms with Crippen LogP contribution in [0.2, 0.25) is 0 Å². The lowest BCUT2D eigenvalue weighted by Gasteiger charge is -1.96. The van der Waals surface area contributed by atoms with Crippen LogP contribution in [0.5, 0.6) is 0 Å². The normalized spacial score (nSPS) is 9.56. The number of aryl methyl sites for hydroxylation is 2. The maximum absolute atomic E-state index is 5.52. The number of aromatic nitrogens is 2. The molecule has 1 aromatic heterocycles. The Morgan fingerprint density at radius 1 is 1.33 bits per heavy atom. The predicted molar refractivity (Wildman–Crippen MR) is 36.9 cm³/mol. The van der Waals surface area contributed by atoms with Crippen LogP contribution in [0.3, 0.4) is 0 Å². The highest BCUT2D eigenvalue weighted by atomic mass is 15.1. The molecule has 0 saturated carbocycles. The second kappa shape index (κ2) is 2.17. The topological polar surface area (TPSA) is 25.8 Å². The number of hydrogen-bond donors (Lipinski definition) is 0. The van der Waals surface area contributed by atoms with Gasteiger partial charge in [0.15, 0.2) is 0 Å². The first kappa shape index (κ1) is 6.27. The zero-order valence-electron chi connectivity index (χ0n) is 5.55. The summed E-state index contributed by atoms with van der Waals surface area (Å²) in [4.78, 5) is 0. The Kier molecular flexibility index (Phi) is 1.51. The zero-order valence-corrected chi connectivity index (χ0v) is 5.55. The summed E-state index contributed by atoms with van der Waals surface area (Å²) in [5.41, 5.74) is 2.36. The quantitative estimate of drug-likeness (QED) is 0.444. The van der Waals surface area contributed by atoms with E-state index in [2.05, 4.69) is 10.2 Å². The highest BCUT2D eigenvalue weighted by molar-refractivity contribution is 6.33. The maximum Gasteiger partial charge on any atom is 0.116 e. The lowest BCUT2D eigenvalue weighted by molar-refractivity contribution is 0.951. The van der Waals surface area contributed by atoms with E-state index in [1.54, 1.807) is 0 Å². The van der Waals surface area contributed by atoms with Gasteiger partial charge in [0.25, 0.3) is 0 Å². The molecule has 0 N–H and O–H groups in total. The Hall–Kier alpha value is -0.855. The Bertz CT molecular complexity index is 222. The van der Waals surface area contributed by atoms with Gasteiger partial charge >= 0.3 is 0 Å². The van der Waals surface area contributed by atoms with E-state index in [9.17, 15) is 0 Å². The first-order chi connectivity index (χ1) is 4.20. The fraction of sp³-hybridized carbons (Fsp3) is 0.333. The van der Waals surface area contributed by atoms with E-state index in [-0.39, 0.29) is 0 Å². The third-order valence-corrected chi connectivity index (χ3v) is 1.14. The third kappa shape index (κ3) is 1.28. The molecule has 0 saturated heterocycles. The van der Waals surface area contributed by atoms with Crippen molar-refractivity contribution in [3.05, 3.63) is 17.5 Å². The molecule has 0 aliphatic rings. The van der Waals surface area contributed by atoms with E-state index in [1.165, 1.54) is 0 Å². The summed E-state index contributed by atoms with van der Waals surface area (Å²) in [5.74, 6) is 0. The zero-order chi connectivity index (χ0) is 6.85. The third-order valence-electron chi connectivity index (χ3n) is 1.14. The summed E-state index contributed by atoms with van der Waals surface area (Å²) in [6.07, 6.45) is 0. The molecule has 0 unspecified atom stereocenters. The van der Waals surface area contributed by atoms with Crippen LogP contribution in [-0.2, 0) is 0 Å². The highest BCUT2D eigenvalue weighted by Crippen LogP contribution is 1.86. The van der Waals surface area contributed by atoms with Gasteiger partial charge in [-0.2, -0.15) is 10.2 Å². The Labute approximate surface area is 55.7 Å². The van der Waals surface area contributed by atoms with Gasteiger partial charge in [-0.15, -0.1) is 0 Å². The van der Waals surface area contributed by atoms with E-state index in [0.29, 0.717) is 5.46 Å². The molecular formula is C6H7BN2. The predicted octanol–water partition coefficient (Wildman–Crippen LogP) is -0.113. The van der Waals surface area contributed by atoms with Crippen molar-refractivity contribution in [2.45, 2.75) is 13.8 Å². The van der Waals surface area contributed by atoms with Crippen molar-refractivity contribution in [3.8, 4) is 0 Å². The average Bonchev–Trinajstić information content (AvgIpc) is 1.80. The van der Waals surface area contributed by atoms with Gasteiger partial charge in [0.1, 0.15) is 7.85 Å². The van der Waals surface area contributed by atoms with Crippen LogP contribution in [0.15, 0.2) is 6.07 Å². The SMILES string of the molecule is [B]c1cc(C)nnc1C. The molecule has 0 bridgehead atoms. The van der Waals surface area contributed by atoms with Crippen molar-refractivity contribution in [1.82, 2.24) is 10.2 Å². The van der Waals surface area contributed by atoms with Crippen LogP contribution in [0.25, 0.3) is 0 Å². The molecule has 1 rings (SSSR count). The summed E-state index contributed by atoms with van der Waals surface area (Å²) in [6, 6.07) is 1.81. The Morgan fingerprint density at radius 2 is 2.00 bits per heavy atom. The minimum Gasteiger partial charge on any atom is -0.156 e. The maximum atomic E-state index is 5.52. The molecule has 0 aliphatic carbocycles. The van der Waals surface area contributed by atoms with E-state index in [4.69, 9.17) is 7.85 Å². The second-order valence-electron chi connectivity index (χ2n) is 2.03. The van der Waals surface area contributed by atoms with E-state index in [0.717, 1.165) is 11.4 Å². The Balaban J connectivity index is 3.17.